The van der Waals surface area contributed by atoms with Crippen LogP contribution in [0.25, 0.3) is 0 Å². The number of amides is 1. The molecule has 0 aromatic carbocycles. The summed E-state index contributed by atoms with van der Waals surface area (Å²) in [6.07, 6.45) is 1.44. The molecule has 2 aromatic rings. The molecule has 0 aliphatic carbocycles. The number of alkyl halides is 3. The number of fused-ring (bicyclic) bond motifs is 1. The van der Waals surface area contributed by atoms with Gasteiger partial charge in [0.25, 0.3) is 5.91 Å². The number of hydrogen-bond donors (Lipinski definition) is 2. The number of piperidine rings is 1. The number of furan rings is 1. The van der Waals surface area contributed by atoms with Gasteiger partial charge in [-0.2, -0.15) is 13.2 Å². The normalized spacial score (nSPS) is 23.2. The van der Waals surface area contributed by atoms with Gasteiger partial charge in [-0.25, -0.2) is 9.78 Å². The van der Waals surface area contributed by atoms with Crippen LogP contribution in [0, 0.1) is 11.8 Å². The number of carbonyl (C=O) groups is 2. The van der Waals surface area contributed by atoms with Crippen molar-refractivity contribution in [1.82, 2.24) is 19.8 Å². The number of aryl methyl sites for hydroxylation is 1. The summed E-state index contributed by atoms with van der Waals surface area (Å²) in [5.41, 5.74) is 0. The topological polar surface area (TPSA) is 110 Å². The van der Waals surface area contributed by atoms with E-state index < -0.39 is 12.1 Å². The van der Waals surface area contributed by atoms with Crippen molar-refractivity contribution in [2.45, 2.75) is 25.2 Å². The third kappa shape index (κ3) is 6.10. The maximum atomic E-state index is 12.1. The van der Waals surface area contributed by atoms with Crippen molar-refractivity contribution < 1.29 is 37.0 Å². The molecule has 12 heteroatoms. The number of nitrogens with zero attached hydrogens (tertiary/aromatic N) is 3. The number of aromatic nitrogens is 2. The number of hydrogen-bond acceptors (Lipinski definition) is 6. The van der Waals surface area contributed by atoms with Crippen molar-refractivity contribution in [2.24, 2.45) is 18.9 Å². The lowest BCUT2D eigenvalue weighted by atomic mass is 9.84. The van der Waals surface area contributed by atoms with Crippen LogP contribution in [0.5, 0.6) is 0 Å². The third-order valence-corrected chi connectivity index (χ3v) is 5.63. The molecule has 2 saturated heterocycles. The summed E-state index contributed by atoms with van der Waals surface area (Å²) < 4.78 is 44.9. The summed E-state index contributed by atoms with van der Waals surface area (Å²) in [6, 6.07) is 3.39. The maximum absolute atomic E-state index is 12.1. The molecule has 4 heterocycles. The van der Waals surface area contributed by atoms with Crippen molar-refractivity contribution >= 4 is 11.9 Å². The molecule has 0 saturated carbocycles. The fourth-order valence-corrected chi connectivity index (χ4v) is 3.89. The van der Waals surface area contributed by atoms with Crippen LogP contribution in [0.15, 0.2) is 35.2 Å². The van der Waals surface area contributed by atoms with Gasteiger partial charge < -0.3 is 24.1 Å². The Balaban J connectivity index is 0.000000360. The first-order chi connectivity index (χ1) is 15.1. The van der Waals surface area contributed by atoms with Crippen molar-refractivity contribution in [3.8, 4) is 0 Å². The number of imidazole rings is 1. The highest BCUT2D eigenvalue weighted by Crippen LogP contribution is 2.34. The van der Waals surface area contributed by atoms with Crippen LogP contribution in [0.1, 0.15) is 22.8 Å². The van der Waals surface area contributed by atoms with Crippen molar-refractivity contribution in [2.75, 3.05) is 26.2 Å². The van der Waals surface area contributed by atoms with E-state index in [9.17, 15) is 18.0 Å². The molecule has 2 aliphatic heterocycles. The van der Waals surface area contributed by atoms with E-state index in [1.807, 2.05) is 19.4 Å². The van der Waals surface area contributed by atoms with Gasteiger partial charge in [-0.1, -0.05) is 0 Å². The van der Waals surface area contributed by atoms with Gasteiger partial charge in [0, 0.05) is 38.4 Å². The first-order valence-electron chi connectivity index (χ1n) is 10.1. The molecule has 4 rings (SSSR count). The zero-order valence-electron chi connectivity index (χ0n) is 17.4. The summed E-state index contributed by atoms with van der Waals surface area (Å²) in [4.78, 5) is 27.8. The van der Waals surface area contributed by atoms with E-state index in [0.717, 1.165) is 38.5 Å². The SMILES string of the molecule is Cn1ccnc1CN1CC[C@H]2CO[C@H](CNC(=O)c3ccco3)[C@H]2C1.O=C(O)C(F)(F)F. The highest BCUT2D eigenvalue weighted by molar-refractivity contribution is 5.91. The van der Waals surface area contributed by atoms with Crippen LogP contribution in [0.2, 0.25) is 0 Å². The Morgan fingerprint density at radius 1 is 1.38 bits per heavy atom. The average Bonchev–Trinajstić information content (AvgIpc) is 3.48. The molecule has 176 valence electrons. The van der Waals surface area contributed by atoms with Gasteiger partial charge >= 0.3 is 12.1 Å². The molecule has 2 aromatic heterocycles. The van der Waals surface area contributed by atoms with E-state index in [0.29, 0.717) is 24.1 Å². The zero-order chi connectivity index (χ0) is 23.3. The van der Waals surface area contributed by atoms with Crippen LogP contribution in [-0.2, 0) is 23.1 Å². The molecular weight excluding hydrogens is 433 g/mol. The summed E-state index contributed by atoms with van der Waals surface area (Å²) in [7, 11) is 2.03. The van der Waals surface area contributed by atoms with Crippen LogP contribution < -0.4 is 5.32 Å². The molecular formula is C20H25F3N4O5. The lowest BCUT2D eigenvalue weighted by Gasteiger charge is -2.35. The molecule has 2 fully saturated rings. The quantitative estimate of drug-likeness (QED) is 0.704. The Morgan fingerprint density at radius 2 is 2.12 bits per heavy atom. The smallest absolute Gasteiger partial charge is 0.475 e. The lowest BCUT2D eigenvalue weighted by Crippen LogP contribution is -2.45. The molecule has 0 radical (unpaired) electrons. The van der Waals surface area contributed by atoms with Gasteiger partial charge in [0.1, 0.15) is 5.82 Å². The number of carbonyl (C=O) groups excluding carboxylic acids is 1. The molecule has 0 spiro atoms. The highest BCUT2D eigenvalue weighted by Gasteiger charge is 2.41. The standard InChI is InChI=1S/C18H24N4O3.C2HF3O2/c1-21-7-5-19-17(21)11-22-6-4-13-12-25-16(14(13)10-22)9-20-18(23)15-3-2-8-24-15;3-2(4,5)1(6)7/h2-3,5,7-8,13-14,16H,4,6,9-12H2,1H3,(H,20,23);(H,6,7)/t13-,14-,16+;/m0./s1. The van der Waals surface area contributed by atoms with E-state index >= 15 is 0 Å². The second-order valence-electron chi connectivity index (χ2n) is 7.76. The van der Waals surface area contributed by atoms with Crippen LogP contribution in [0.3, 0.4) is 0 Å². The number of likely N-dealkylation sites (tertiary alicyclic amines) is 1. The lowest BCUT2D eigenvalue weighted by molar-refractivity contribution is -0.192. The number of nitrogens with one attached hydrogen (secondary N) is 1. The molecule has 3 atom stereocenters. The average molecular weight is 458 g/mol. The van der Waals surface area contributed by atoms with E-state index in [-0.39, 0.29) is 12.0 Å². The number of rotatable bonds is 5. The van der Waals surface area contributed by atoms with E-state index in [4.69, 9.17) is 19.1 Å². The minimum Gasteiger partial charge on any atom is -0.475 e. The molecule has 2 N–H and O–H groups in total. The van der Waals surface area contributed by atoms with Crippen LogP contribution in [0.4, 0.5) is 13.2 Å². The van der Waals surface area contributed by atoms with E-state index in [2.05, 4.69) is 19.8 Å². The molecule has 1 amide bonds. The fourth-order valence-electron chi connectivity index (χ4n) is 3.89. The minimum absolute atomic E-state index is 0.0630. The third-order valence-electron chi connectivity index (χ3n) is 5.63. The zero-order valence-corrected chi connectivity index (χ0v) is 17.4. The molecule has 0 unspecified atom stereocenters. The Labute approximate surface area is 182 Å². The summed E-state index contributed by atoms with van der Waals surface area (Å²) in [5, 5.41) is 10.1. The molecule has 32 heavy (non-hydrogen) atoms. The van der Waals surface area contributed by atoms with Gasteiger partial charge in [-0.05, 0) is 31.0 Å². The van der Waals surface area contributed by atoms with Gasteiger partial charge in [0.2, 0.25) is 0 Å². The molecule has 0 bridgehead atoms. The van der Waals surface area contributed by atoms with Gasteiger partial charge in [0.05, 0.1) is 25.5 Å². The largest absolute Gasteiger partial charge is 0.490 e. The Morgan fingerprint density at radius 3 is 2.72 bits per heavy atom. The second-order valence-corrected chi connectivity index (χ2v) is 7.76. The van der Waals surface area contributed by atoms with Crippen molar-refractivity contribution in [3.05, 3.63) is 42.4 Å². The summed E-state index contributed by atoms with van der Waals surface area (Å²) in [6.45, 7) is 4.24. The van der Waals surface area contributed by atoms with Gasteiger partial charge in [-0.3, -0.25) is 9.69 Å². The van der Waals surface area contributed by atoms with E-state index in [1.54, 1.807) is 12.1 Å². The first kappa shape index (κ1) is 23.8. The number of ether oxygens (including phenoxy) is 1. The molecule has 2 aliphatic rings. The maximum Gasteiger partial charge on any atom is 0.490 e. The van der Waals surface area contributed by atoms with E-state index in [1.165, 1.54) is 6.26 Å². The minimum atomic E-state index is -5.08. The summed E-state index contributed by atoms with van der Waals surface area (Å²) in [5.74, 6) is -0.478. The number of carboxylic acids is 1. The van der Waals surface area contributed by atoms with Gasteiger partial charge in [0.15, 0.2) is 5.76 Å². The Bertz CT molecular complexity index is 899. The predicted octanol–water partition coefficient (Wildman–Crippen LogP) is 1.91. The van der Waals surface area contributed by atoms with Crippen LogP contribution >= 0.6 is 0 Å². The number of halogens is 3. The first-order valence-corrected chi connectivity index (χ1v) is 10.1. The monoisotopic (exact) mass is 458 g/mol. The predicted molar refractivity (Wildman–Crippen MR) is 105 cm³/mol. The van der Waals surface area contributed by atoms with Crippen molar-refractivity contribution in [3.63, 3.8) is 0 Å². The number of aliphatic carboxylic acids is 1. The highest BCUT2D eigenvalue weighted by atomic mass is 19.4. The Hall–Kier alpha value is -2.86. The number of carboxylic acid groups (broad SMARTS) is 1. The van der Waals surface area contributed by atoms with Gasteiger partial charge in [-0.15, -0.1) is 0 Å². The Kier molecular flexibility index (Phi) is 7.56. The van der Waals surface area contributed by atoms with Crippen molar-refractivity contribution in [1.29, 1.82) is 0 Å². The fraction of sp³-hybridized carbons (Fsp3) is 0.550. The molecule has 9 nitrogen and oxygen atoms in total. The summed E-state index contributed by atoms with van der Waals surface area (Å²) >= 11 is 0. The second kappa shape index (κ2) is 10.2. The van der Waals surface area contributed by atoms with Crippen LogP contribution in [-0.4, -0.2) is 70.0 Å².